The van der Waals surface area contributed by atoms with E-state index in [9.17, 15) is 5.11 Å². The lowest BCUT2D eigenvalue weighted by atomic mass is 9.96. The van der Waals surface area contributed by atoms with E-state index in [1.54, 1.807) is 10.7 Å². The van der Waals surface area contributed by atoms with E-state index in [0.717, 1.165) is 10.6 Å². The number of hydrogen-bond acceptors (Lipinski definition) is 8. The Bertz CT molecular complexity index is 985. The number of aliphatic hydroxyl groups is 1. The van der Waals surface area contributed by atoms with Crippen LogP contribution < -0.4 is 0 Å². The van der Waals surface area contributed by atoms with Gasteiger partial charge in [0.15, 0.2) is 5.65 Å². The summed E-state index contributed by atoms with van der Waals surface area (Å²) in [4.78, 5) is 8.95. The molecule has 1 aliphatic heterocycles. The van der Waals surface area contributed by atoms with Gasteiger partial charge in [-0.1, -0.05) is 49.0 Å². The largest absolute Gasteiger partial charge is 0.374 e. The van der Waals surface area contributed by atoms with Crippen LogP contribution in [0.25, 0.3) is 5.65 Å². The molecule has 3 aromatic rings. The van der Waals surface area contributed by atoms with Gasteiger partial charge in [0.25, 0.3) is 0 Å². The molecule has 1 fully saturated rings. The fraction of sp³-hybridized carbons (Fsp3) is 0.450. The number of thioether (sulfide) groups is 2. The molecule has 1 aliphatic rings. The summed E-state index contributed by atoms with van der Waals surface area (Å²) in [5, 5.41) is 17.3. The molecule has 0 bridgehead atoms. The Morgan fingerprint density at radius 1 is 1.28 bits per heavy atom. The monoisotopic (exact) mass is 432 g/mol. The molecule has 3 unspecified atom stereocenters. The van der Waals surface area contributed by atoms with Crippen molar-refractivity contribution in [2.75, 3.05) is 19.1 Å². The zero-order valence-corrected chi connectivity index (χ0v) is 18.2. The Hall–Kier alpha value is -1.65. The fourth-order valence-electron chi connectivity index (χ4n) is 3.57. The van der Waals surface area contributed by atoms with Crippen LogP contribution >= 0.6 is 23.5 Å². The molecule has 2 aromatic heterocycles. The number of fused-ring (bicyclic) bond motifs is 1. The predicted molar refractivity (Wildman–Crippen MR) is 113 cm³/mol. The molecule has 0 aliphatic carbocycles. The molecule has 3 heterocycles. The molecule has 0 radical (unpaired) electrons. The van der Waals surface area contributed by atoms with Crippen molar-refractivity contribution >= 4 is 29.2 Å². The van der Waals surface area contributed by atoms with E-state index in [-0.39, 0.29) is 12.0 Å². The van der Waals surface area contributed by atoms with Gasteiger partial charge in [-0.15, -0.1) is 16.9 Å². The van der Waals surface area contributed by atoms with E-state index in [2.05, 4.69) is 15.1 Å². The van der Waals surface area contributed by atoms with Crippen LogP contribution in [0.5, 0.6) is 0 Å². The lowest BCUT2D eigenvalue weighted by Crippen LogP contribution is -2.33. The van der Waals surface area contributed by atoms with Crippen LogP contribution in [0, 0.1) is 5.92 Å². The van der Waals surface area contributed by atoms with Gasteiger partial charge >= 0.3 is 0 Å². The first-order valence-corrected chi connectivity index (χ1v) is 11.9. The number of benzene rings is 1. The van der Waals surface area contributed by atoms with Crippen LogP contribution in [0.15, 0.2) is 46.7 Å². The number of aromatic nitrogens is 4. The zero-order chi connectivity index (χ0) is 20.4. The number of hydrogen-bond donors (Lipinski definition) is 1. The Morgan fingerprint density at radius 3 is 2.79 bits per heavy atom. The average molecular weight is 433 g/mol. The third kappa shape index (κ3) is 4.02. The van der Waals surface area contributed by atoms with Crippen LogP contribution in [0.2, 0.25) is 0 Å². The number of nitrogens with zero attached hydrogens (tertiary/aromatic N) is 4. The molecule has 0 saturated carbocycles. The third-order valence-electron chi connectivity index (χ3n) is 5.10. The minimum absolute atomic E-state index is 0.127. The van der Waals surface area contributed by atoms with Gasteiger partial charge < -0.3 is 14.6 Å². The molecule has 1 aromatic carbocycles. The van der Waals surface area contributed by atoms with E-state index in [0.29, 0.717) is 36.1 Å². The van der Waals surface area contributed by atoms with Crippen molar-refractivity contribution in [3.05, 3.63) is 47.8 Å². The molecule has 1 N–H and O–H groups in total. The van der Waals surface area contributed by atoms with Gasteiger partial charge in [0.2, 0.25) is 10.9 Å². The number of imidazole rings is 1. The second kappa shape index (κ2) is 8.61. The van der Waals surface area contributed by atoms with E-state index >= 15 is 0 Å². The Kier molecular flexibility index (Phi) is 6.12. The van der Waals surface area contributed by atoms with Gasteiger partial charge in [0, 0.05) is 5.92 Å². The highest BCUT2D eigenvalue weighted by Gasteiger charge is 2.48. The van der Waals surface area contributed by atoms with Gasteiger partial charge in [-0.2, -0.15) is 0 Å². The first-order chi connectivity index (χ1) is 14.0. The summed E-state index contributed by atoms with van der Waals surface area (Å²) >= 11 is 2.95. The molecule has 1 saturated heterocycles. The van der Waals surface area contributed by atoms with Gasteiger partial charge in [-0.25, -0.2) is 14.5 Å². The van der Waals surface area contributed by atoms with Crippen molar-refractivity contribution in [1.29, 1.82) is 0 Å². The topological polar surface area (TPSA) is 81.8 Å². The maximum Gasteiger partial charge on any atom is 0.214 e. The Balaban J connectivity index is 1.53. The second-order valence-electron chi connectivity index (χ2n) is 7.06. The minimum Gasteiger partial charge on any atom is -0.374 e. The quantitative estimate of drug-likeness (QED) is 0.569. The summed E-state index contributed by atoms with van der Waals surface area (Å²) in [7, 11) is 0. The highest BCUT2D eigenvalue weighted by molar-refractivity contribution is 7.99. The molecule has 29 heavy (non-hydrogen) atoms. The van der Waals surface area contributed by atoms with Crippen LogP contribution in [-0.4, -0.2) is 49.9 Å². The maximum atomic E-state index is 11.4. The summed E-state index contributed by atoms with van der Waals surface area (Å²) in [6.45, 7) is 2.91. The Labute approximate surface area is 178 Å². The van der Waals surface area contributed by atoms with Gasteiger partial charge in [0.1, 0.15) is 10.7 Å². The van der Waals surface area contributed by atoms with Crippen molar-refractivity contribution in [2.24, 2.45) is 5.92 Å². The molecule has 7 nitrogen and oxygen atoms in total. The van der Waals surface area contributed by atoms with Crippen LogP contribution in [-0.2, 0) is 21.9 Å². The summed E-state index contributed by atoms with van der Waals surface area (Å²) in [6, 6.07) is 10.0. The van der Waals surface area contributed by atoms with Crippen molar-refractivity contribution in [2.45, 2.75) is 42.0 Å². The summed E-state index contributed by atoms with van der Waals surface area (Å²) < 4.78 is 13.6. The van der Waals surface area contributed by atoms with Crippen molar-refractivity contribution in [3.63, 3.8) is 0 Å². The molecule has 0 spiro atoms. The first kappa shape index (κ1) is 20.6. The van der Waals surface area contributed by atoms with E-state index in [1.165, 1.54) is 23.5 Å². The molecule has 9 heteroatoms. The normalized spacial score (nSPS) is 24.4. The third-order valence-corrected chi connectivity index (χ3v) is 6.30. The fourth-order valence-corrected chi connectivity index (χ4v) is 4.48. The smallest absolute Gasteiger partial charge is 0.214 e. The maximum absolute atomic E-state index is 11.4. The van der Waals surface area contributed by atoms with Crippen molar-refractivity contribution < 1.29 is 14.6 Å². The summed E-state index contributed by atoms with van der Waals surface area (Å²) in [5.41, 5.74) is 2.26. The highest BCUT2D eigenvalue weighted by Crippen LogP contribution is 2.42. The van der Waals surface area contributed by atoms with Crippen molar-refractivity contribution in [3.8, 4) is 0 Å². The Morgan fingerprint density at radius 2 is 2.07 bits per heavy atom. The average Bonchev–Trinajstić information content (AvgIpc) is 3.29. The van der Waals surface area contributed by atoms with Gasteiger partial charge in [-0.05, 0) is 24.5 Å². The zero-order valence-electron chi connectivity index (χ0n) is 16.6. The molecular formula is C20H24N4O3S2. The van der Waals surface area contributed by atoms with Crippen LogP contribution in [0.3, 0.4) is 0 Å². The van der Waals surface area contributed by atoms with Gasteiger partial charge in [0.05, 0.1) is 25.5 Å². The minimum atomic E-state index is -1.47. The molecule has 4 rings (SSSR count). The molecule has 3 atom stereocenters. The SMILES string of the molecule is CSc1nc(SC)c2ncc(C3(O)OC(COCc4ccccc4)CC3C)n2n1. The molecule has 0 amide bonds. The van der Waals surface area contributed by atoms with E-state index in [1.807, 2.05) is 49.8 Å². The first-order valence-electron chi connectivity index (χ1n) is 9.41. The highest BCUT2D eigenvalue weighted by atomic mass is 32.2. The molecular weight excluding hydrogens is 408 g/mol. The molecule has 154 valence electrons. The van der Waals surface area contributed by atoms with E-state index < -0.39 is 5.79 Å². The summed E-state index contributed by atoms with van der Waals surface area (Å²) in [6.07, 6.45) is 5.99. The number of rotatable bonds is 7. The van der Waals surface area contributed by atoms with Crippen LogP contribution in [0.1, 0.15) is 24.6 Å². The van der Waals surface area contributed by atoms with Crippen LogP contribution in [0.4, 0.5) is 0 Å². The lowest BCUT2D eigenvalue weighted by molar-refractivity contribution is -0.228. The standard InChI is InChI=1S/C20H24N4O3S2/c1-13-9-15(12-26-11-14-7-5-4-6-8-14)27-20(13,25)16-10-21-17-18(28-2)22-19(29-3)23-24(16)17/h4-8,10,13,15,25H,9,11-12H2,1-3H3. The second-order valence-corrected chi connectivity index (χ2v) is 8.63. The lowest BCUT2D eigenvalue weighted by Gasteiger charge is -2.26. The van der Waals surface area contributed by atoms with Crippen molar-refractivity contribution in [1.82, 2.24) is 19.6 Å². The number of ether oxygens (including phenoxy) is 2. The summed E-state index contributed by atoms with van der Waals surface area (Å²) in [5.74, 6) is -1.60. The predicted octanol–water partition coefficient (Wildman–Crippen LogP) is 3.36. The van der Waals surface area contributed by atoms with E-state index in [4.69, 9.17) is 9.47 Å². The van der Waals surface area contributed by atoms with Gasteiger partial charge in [-0.3, -0.25) is 0 Å².